The Morgan fingerprint density at radius 1 is 1.18 bits per heavy atom. The van der Waals surface area contributed by atoms with Gasteiger partial charge in [0.1, 0.15) is 0 Å². The Hall–Kier alpha value is -0.0800. The van der Waals surface area contributed by atoms with Crippen molar-refractivity contribution in [2.24, 2.45) is 0 Å². The van der Waals surface area contributed by atoms with Crippen molar-refractivity contribution < 1.29 is 5.11 Å². The molecule has 2 nitrogen and oxygen atoms in total. The van der Waals surface area contributed by atoms with Gasteiger partial charge in [-0.25, -0.2) is 0 Å². The van der Waals surface area contributed by atoms with E-state index in [1.165, 1.54) is 0 Å². The molecule has 1 aliphatic rings. The van der Waals surface area contributed by atoms with E-state index in [1.807, 2.05) is 0 Å². The van der Waals surface area contributed by atoms with Crippen LogP contribution >= 0.6 is 0 Å². The SMILES string of the molecule is CC(C)N[C@H]1CC[C@H](O)CC1. The summed E-state index contributed by atoms with van der Waals surface area (Å²) in [5.41, 5.74) is 0. The van der Waals surface area contributed by atoms with Crippen LogP contribution in [-0.4, -0.2) is 23.3 Å². The summed E-state index contributed by atoms with van der Waals surface area (Å²) in [6, 6.07) is 1.23. The highest BCUT2D eigenvalue weighted by Gasteiger charge is 2.18. The molecule has 2 N–H and O–H groups in total. The second-order valence-corrected chi connectivity index (χ2v) is 3.83. The third-order valence-electron chi connectivity index (χ3n) is 2.27. The number of rotatable bonds is 2. The molecule has 0 aromatic heterocycles. The smallest absolute Gasteiger partial charge is 0.0541 e. The Labute approximate surface area is 69.0 Å². The van der Waals surface area contributed by atoms with Gasteiger partial charge in [-0.3, -0.25) is 0 Å². The molecule has 0 radical (unpaired) electrons. The summed E-state index contributed by atoms with van der Waals surface area (Å²) in [6.45, 7) is 4.34. The molecule has 1 rings (SSSR count). The molecule has 0 aromatic rings. The van der Waals surface area contributed by atoms with E-state index in [9.17, 15) is 5.11 Å². The lowest BCUT2D eigenvalue weighted by atomic mass is 9.93. The maximum absolute atomic E-state index is 9.23. The molecule has 1 fully saturated rings. The normalized spacial score (nSPS) is 32.7. The van der Waals surface area contributed by atoms with E-state index in [0.717, 1.165) is 25.7 Å². The van der Waals surface area contributed by atoms with E-state index in [-0.39, 0.29) is 6.10 Å². The first-order valence-electron chi connectivity index (χ1n) is 4.62. The summed E-state index contributed by atoms with van der Waals surface area (Å²) < 4.78 is 0. The van der Waals surface area contributed by atoms with Crippen LogP contribution in [0.25, 0.3) is 0 Å². The first-order chi connectivity index (χ1) is 5.18. The van der Waals surface area contributed by atoms with Crippen molar-refractivity contribution in [3.63, 3.8) is 0 Å². The van der Waals surface area contributed by atoms with Gasteiger partial charge in [-0.15, -0.1) is 0 Å². The minimum Gasteiger partial charge on any atom is -0.393 e. The van der Waals surface area contributed by atoms with Gasteiger partial charge in [0.15, 0.2) is 0 Å². The number of aliphatic hydroxyl groups is 1. The lowest BCUT2D eigenvalue weighted by Crippen LogP contribution is -2.38. The van der Waals surface area contributed by atoms with Gasteiger partial charge in [-0.05, 0) is 25.7 Å². The van der Waals surface area contributed by atoms with Crippen molar-refractivity contribution in [2.45, 2.75) is 57.7 Å². The van der Waals surface area contributed by atoms with Crippen LogP contribution in [0.4, 0.5) is 0 Å². The molecule has 2 heteroatoms. The van der Waals surface area contributed by atoms with Gasteiger partial charge in [0.25, 0.3) is 0 Å². The summed E-state index contributed by atoms with van der Waals surface area (Å²) in [5, 5.41) is 12.7. The molecule has 1 saturated carbocycles. The third kappa shape index (κ3) is 3.21. The number of nitrogens with one attached hydrogen (secondary N) is 1. The van der Waals surface area contributed by atoms with Gasteiger partial charge in [0.05, 0.1) is 6.10 Å². The topological polar surface area (TPSA) is 32.3 Å². The quantitative estimate of drug-likeness (QED) is 0.633. The molecule has 0 aliphatic heterocycles. The van der Waals surface area contributed by atoms with Gasteiger partial charge < -0.3 is 10.4 Å². The van der Waals surface area contributed by atoms with Crippen molar-refractivity contribution >= 4 is 0 Å². The van der Waals surface area contributed by atoms with E-state index < -0.39 is 0 Å². The van der Waals surface area contributed by atoms with E-state index in [0.29, 0.717) is 12.1 Å². The lowest BCUT2D eigenvalue weighted by Gasteiger charge is -2.27. The summed E-state index contributed by atoms with van der Waals surface area (Å²) >= 11 is 0. The Kier molecular flexibility index (Phi) is 3.34. The molecular weight excluding hydrogens is 138 g/mol. The van der Waals surface area contributed by atoms with Crippen LogP contribution in [0, 0.1) is 0 Å². The second-order valence-electron chi connectivity index (χ2n) is 3.83. The predicted octanol–water partition coefficient (Wildman–Crippen LogP) is 1.29. The molecule has 0 unspecified atom stereocenters. The average molecular weight is 157 g/mol. The fourth-order valence-corrected chi connectivity index (χ4v) is 1.71. The first kappa shape index (κ1) is 9.01. The molecule has 11 heavy (non-hydrogen) atoms. The maximum atomic E-state index is 9.23. The molecule has 0 heterocycles. The molecule has 0 aromatic carbocycles. The van der Waals surface area contributed by atoms with Crippen molar-refractivity contribution in [3.8, 4) is 0 Å². The van der Waals surface area contributed by atoms with Gasteiger partial charge in [-0.1, -0.05) is 13.8 Å². The third-order valence-corrected chi connectivity index (χ3v) is 2.27. The number of hydrogen-bond donors (Lipinski definition) is 2. The molecule has 66 valence electrons. The van der Waals surface area contributed by atoms with E-state index in [4.69, 9.17) is 0 Å². The van der Waals surface area contributed by atoms with E-state index >= 15 is 0 Å². The van der Waals surface area contributed by atoms with Crippen molar-refractivity contribution in [2.75, 3.05) is 0 Å². The lowest BCUT2D eigenvalue weighted by molar-refractivity contribution is 0.115. The van der Waals surface area contributed by atoms with Gasteiger partial charge in [-0.2, -0.15) is 0 Å². The van der Waals surface area contributed by atoms with E-state index in [2.05, 4.69) is 19.2 Å². The molecule has 0 atom stereocenters. The summed E-state index contributed by atoms with van der Waals surface area (Å²) in [5.74, 6) is 0. The minimum absolute atomic E-state index is 0.0276. The monoisotopic (exact) mass is 157 g/mol. The molecule has 0 bridgehead atoms. The summed E-state index contributed by atoms with van der Waals surface area (Å²) in [7, 11) is 0. The Morgan fingerprint density at radius 3 is 2.18 bits per heavy atom. The molecule has 0 spiro atoms. The number of hydrogen-bond acceptors (Lipinski definition) is 2. The molecule has 1 aliphatic carbocycles. The summed E-state index contributed by atoms with van der Waals surface area (Å²) in [6.07, 6.45) is 4.20. The van der Waals surface area contributed by atoms with Crippen LogP contribution in [0.15, 0.2) is 0 Å². The Balaban J connectivity index is 2.17. The van der Waals surface area contributed by atoms with Gasteiger partial charge in [0.2, 0.25) is 0 Å². The molecular formula is C9H19NO. The zero-order valence-corrected chi connectivity index (χ0v) is 7.51. The highest BCUT2D eigenvalue weighted by atomic mass is 16.3. The van der Waals surface area contributed by atoms with Crippen molar-refractivity contribution in [3.05, 3.63) is 0 Å². The molecule has 0 amide bonds. The zero-order chi connectivity index (χ0) is 8.27. The van der Waals surface area contributed by atoms with Gasteiger partial charge >= 0.3 is 0 Å². The van der Waals surface area contributed by atoms with Crippen LogP contribution < -0.4 is 5.32 Å². The van der Waals surface area contributed by atoms with Crippen LogP contribution in [0.1, 0.15) is 39.5 Å². The van der Waals surface area contributed by atoms with Gasteiger partial charge in [0, 0.05) is 12.1 Å². The second kappa shape index (κ2) is 4.07. The average Bonchev–Trinajstić information content (AvgIpc) is 1.93. The van der Waals surface area contributed by atoms with Crippen molar-refractivity contribution in [1.29, 1.82) is 0 Å². The largest absolute Gasteiger partial charge is 0.393 e. The maximum Gasteiger partial charge on any atom is 0.0541 e. The number of aliphatic hydroxyl groups excluding tert-OH is 1. The highest BCUT2D eigenvalue weighted by molar-refractivity contribution is 4.77. The Morgan fingerprint density at radius 2 is 1.73 bits per heavy atom. The highest BCUT2D eigenvalue weighted by Crippen LogP contribution is 2.18. The van der Waals surface area contributed by atoms with Crippen LogP contribution in [0.5, 0.6) is 0 Å². The van der Waals surface area contributed by atoms with E-state index in [1.54, 1.807) is 0 Å². The first-order valence-corrected chi connectivity index (χ1v) is 4.62. The van der Waals surface area contributed by atoms with Crippen LogP contribution in [-0.2, 0) is 0 Å². The zero-order valence-electron chi connectivity index (χ0n) is 7.51. The fraction of sp³-hybridized carbons (Fsp3) is 1.00. The Bertz CT molecular complexity index is 106. The fourth-order valence-electron chi connectivity index (χ4n) is 1.71. The van der Waals surface area contributed by atoms with Crippen molar-refractivity contribution in [1.82, 2.24) is 5.32 Å². The van der Waals surface area contributed by atoms with Crippen LogP contribution in [0.2, 0.25) is 0 Å². The van der Waals surface area contributed by atoms with Crippen LogP contribution in [0.3, 0.4) is 0 Å². The minimum atomic E-state index is -0.0276. The predicted molar refractivity (Wildman–Crippen MR) is 46.5 cm³/mol. The summed E-state index contributed by atoms with van der Waals surface area (Å²) in [4.78, 5) is 0. The standard InChI is InChI=1S/C9H19NO/c1-7(2)10-8-3-5-9(11)6-4-8/h7-11H,3-6H2,1-2H3/t8-,9-. The molecule has 0 saturated heterocycles.